The highest BCUT2D eigenvalue weighted by molar-refractivity contribution is 7.09. The lowest BCUT2D eigenvalue weighted by Gasteiger charge is -2.10. The molecule has 3 amide bonds. The second kappa shape index (κ2) is 11.1. The van der Waals surface area contributed by atoms with Gasteiger partial charge in [-0.05, 0) is 24.3 Å². The van der Waals surface area contributed by atoms with Crippen LogP contribution in [0.25, 0.3) is 0 Å². The number of hydrogen-bond acceptors (Lipinski definition) is 5. The Bertz CT molecular complexity index is 1000. The minimum Gasteiger partial charge on any atom is -0.484 e. The number of nitrogens with zero attached hydrogens (tertiary/aromatic N) is 1. The smallest absolute Gasteiger partial charge is 0.319 e. The number of anilines is 2. The number of rotatable bonds is 9. The van der Waals surface area contributed by atoms with E-state index in [2.05, 4.69) is 34.8 Å². The lowest BCUT2D eigenvalue weighted by atomic mass is 10.2. The molecule has 2 aromatic carbocycles. The molecule has 1 heterocycles. The van der Waals surface area contributed by atoms with Crippen molar-refractivity contribution in [1.82, 2.24) is 10.3 Å². The lowest BCUT2D eigenvalue weighted by molar-refractivity contribution is -0.118. The van der Waals surface area contributed by atoms with Gasteiger partial charge in [0.2, 0.25) is 0 Å². The molecule has 8 heteroatoms. The van der Waals surface area contributed by atoms with Crippen LogP contribution in [-0.2, 0) is 11.2 Å². The molecule has 0 aliphatic rings. The topological polar surface area (TPSA) is 92.3 Å². The van der Waals surface area contributed by atoms with E-state index in [-0.39, 0.29) is 18.5 Å². The summed E-state index contributed by atoms with van der Waals surface area (Å²) in [6.07, 6.45) is 0.677. The van der Waals surface area contributed by atoms with Gasteiger partial charge in [-0.1, -0.05) is 38.1 Å². The molecule has 31 heavy (non-hydrogen) atoms. The fourth-order valence-electron chi connectivity index (χ4n) is 2.71. The number of amides is 3. The van der Waals surface area contributed by atoms with Crippen LogP contribution in [0.2, 0.25) is 0 Å². The largest absolute Gasteiger partial charge is 0.484 e. The van der Waals surface area contributed by atoms with E-state index in [9.17, 15) is 9.59 Å². The molecule has 3 aromatic rings. The second-order valence-electron chi connectivity index (χ2n) is 7.19. The molecular weight excluding hydrogens is 412 g/mol. The number of para-hydroxylation sites is 1. The highest BCUT2D eigenvalue weighted by atomic mass is 32.1. The summed E-state index contributed by atoms with van der Waals surface area (Å²) in [6.45, 7) is 4.59. The van der Waals surface area contributed by atoms with Crippen LogP contribution in [0.15, 0.2) is 60.0 Å². The molecule has 0 spiro atoms. The third-order valence-electron chi connectivity index (χ3n) is 4.25. The van der Waals surface area contributed by atoms with Crippen LogP contribution in [0.3, 0.4) is 0 Å². The van der Waals surface area contributed by atoms with Crippen molar-refractivity contribution in [2.75, 3.05) is 23.8 Å². The molecular formula is C23H26N4O3S. The molecule has 0 atom stereocenters. The number of ether oxygens (including phenoxy) is 1. The quantitative estimate of drug-likeness (QED) is 0.453. The molecule has 7 nitrogen and oxygen atoms in total. The SMILES string of the molecule is CC(C)c1nc(CCNC(=O)Nc2cccc(OCC(=O)Nc3ccccc3)c2)cs1. The maximum atomic E-state index is 12.2. The average Bonchev–Trinajstić information content (AvgIpc) is 3.23. The molecule has 0 radical (unpaired) electrons. The first-order valence-corrected chi connectivity index (χ1v) is 10.9. The number of aromatic nitrogens is 1. The van der Waals surface area contributed by atoms with E-state index in [1.54, 1.807) is 47.7 Å². The fourth-order valence-corrected chi connectivity index (χ4v) is 3.58. The van der Waals surface area contributed by atoms with E-state index in [1.165, 1.54) is 0 Å². The summed E-state index contributed by atoms with van der Waals surface area (Å²) >= 11 is 1.65. The van der Waals surface area contributed by atoms with Gasteiger partial charge in [-0.15, -0.1) is 11.3 Å². The summed E-state index contributed by atoms with van der Waals surface area (Å²) in [4.78, 5) is 28.7. The molecule has 3 N–H and O–H groups in total. The molecule has 0 aliphatic heterocycles. The van der Waals surface area contributed by atoms with Gasteiger partial charge >= 0.3 is 6.03 Å². The number of thiazole rings is 1. The summed E-state index contributed by atoms with van der Waals surface area (Å²) in [5, 5.41) is 11.5. The van der Waals surface area contributed by atoms with Gasteiger partial charge in [0.05, 0.1) is 10.7 Å². The van der Waals surface area contributed by atoms with E-state index in [0.29, 0.717) is 36.0 Å². The first-order chi connectivity index (χ1) is 15.0. The molecule has 162 valence electrons. The van der Waals surface area contributed by atoms with Crippen LogP contribution < -0.4 is 20.7 Å². The monoisotopic (exact) mass is 438 g/mol. The highest BCUT2D eigenvalue weighted by Crippen LogP contribution is 2.19. The van der Waals surface area contributed by atoms with Crippen molar-refractivity contribution in [2.45, 2.75) is 26.2 Å². The second-order valence-corrected chi connectivity index (χ2v) is 8.08. The first-order valence-electron chi connectivity index (χ1n) is 10.1. The maximum Gasteiger partial charge on any atom is 0.319 e. The lowest BCUT2D eigenvalue weighted by Crippen LogP contribution is -2.30. The first kappa shape index (κ1) is 22.3. The Labute approximate surface area is 185 Å². The van der Waals surface area contributed by atoms with Gasteiger partial charge in [0.1, 0.15) is 5.75 Å². The van der Waals surface area contributed by atoms with Crippen molar-refractivity contribution in [3.8, 4) is 5.75 Å². The number of hydrogen-bond donors (Lipinski definition) is 3. The molecule has 0 fully saturated rings. The maximum absolute atomic E-state index is 12.2. The zero-order valence-corrected chi connectivity index (χ0v) is 18.4. The number of nitrogens with one attached hydrogen (secondary N) is 3. The van der Waals surface area contributed by atoms with E-state index >= 15 is 0 Å². The van der Waals surface area contributed by atoms with Crippen LogP contribution in [-0.4, -0.2) is 30.1 Å². The van der Waals surface area contributed by atoms with Gasteiger partial charge < -0.3 is 20.7 Å². The van der Waals surface area contributed by atoms with Gasteiger partial charge in [0.15, 0.2) is 6.61 Å². The Kier molecular flexibility index (Phi) is 8.00. The van der Waals surface area contributed by atoms with E-state index in [0.717, 1.165) is 10.7 Å². The van der Waals surface area contributed by atoms with Crippen molar-refractivity contribution in [1.29, 1.82) is 0 Å². The van der Waals surface area contributed by atoms with Crippen LogP contribution in [0, 0.1) is 0 Å². The number of benzene rings is 2. The van der Waals surface area contributed by atoms with E-state index < -0.39 is 0 Å². The van der Waals surface area contributed by atoms with Crippen molar-refractivity contribution >= 4 is 34.6 Å². The molecule has 0 aliphatic carbocycles. The Balaban J connectivity index is 1.41. The van der Waals surface area contributed by atoms with E-state index in [4.69, 9.17) is 4.74 Å². The number of urea groups is 1. The molecule has 1 aromatic heterocycles. The van der Waals surface area contributed by atoms with Gasteiger partial charge in [0.25, 0.3) is 5.91 Å². The Morgan fingerprint density at radius 1 is 1.03 bits per heavy atom. The Hall–Kier alpha value is -3.39. The van der Waals surface area contributed by atoms with Gasteiger partial charge in [0, 0.05) is 41.7 Å². The number of carbonyl (C=O) groups is 2. The van der Waals surface area contributed by atoms with Crippen LogP contribution >= 0.6 is 11.3 Å². The standard InChI is InChI=1S/C23H26N4O3S/c1-16(2)22-26-19(15-31-22)11-12-24-23(29)27-18-9-6-10-20(13-18)30-14-21(28)25-17-7-4-3-5-8-17/h3-10,13,15-16H,11-12,14H2,1-2H3,(H,25,28)(H2,24,27,29). The summed E-state index contributed by atoms with van der Waals surface area (Å²) in [5.74, 6) is 0.642. The third-order valence-corrected chi connectivity index (χ3v) is 5.44. The summed E-state index contributed by atoms with van der Waals surface area (Å²) < 4.78 is 5.53. The molecule has 0 saturated carbocycles. The molecule has 3 rings (SSSR count). The van der Waals surface area contributed by atoms with Crippen LogP contribution in [0.4, 0.5) is 16.2 Å². The van der Waals surface area contributed by atoms with Crippen LogP contribution in [0.1, 0.15) is 30.5 Å². The Morgan fingerprint density at radius 3 is 2.55 bits per heavy atom. The van der Waals surface area contributed by atoms with Crippen molar-refractivity contribution in [2.24, 2.45) is 0 Å². The summed E-state index contributed by atoms with van der Waals surface area (Å²) in [7, 11) is 0. The molecule has 0 bridgehead atoms. The van der Waals surface area contributed by atoms with E-state index in [1.807, 2.05) is 23.6 Å². The van der Waals surface area contributed by atoms with Crippen molar-refractivity contribution in [3.63, 3.8) is 0 Å². The average molecular weight is 439 g/mol. The minimum absolute atomic E-state index is 0.128. The predicted octanol–water partition coefficient (Wildman–Crippen LogP) is 4.65. The van der Waals surface area contributed by atoms with Crippen LogP contribution in [0.5, 0.6) is 5.75 Å². The van der Waals surface area contributed by atoms with Crippen molar-refractivity contribution in [3.05, 3.63) is 70.7 Å². The number of carbonyl (C=O) groups excluding carboxylic acids is 2. The fraction of sp³-hybridized carbons (Fsp3) is 0.261. The van der Waals surface area contributed by atoms with Gasteiger partial charge in [-0.2, -0.15) is 0 Å². The van der Waals surface area contributed by atoms with Gasteiger partial charge in [-0.25, -0.2) is 9.78 Å². The predicted molar refractivity (Wildman–Crippen MR) is 124 cm³/mol. The zero-order valence-electron chi connectivity index (χ0n) is 17.6. The zero-order chi connectivity index (χ0) is 22.1. The van der Waals surface area contributed by atoms with Crippen molar-refractivity contribution < 1.29 is 14.3 Å². The molecule has 0 saturated heterocycles. The third kappa shape index (κ3) is 7.42. The minimum atomic E-state index is -0.307. The molecule has 0 unspecified atom stereocenters. The normalized spacial score (nSPS) is 10.5. The van der Waals surface area contributed by atoms with Gasteiger partial charge in [-0.3, -0.25) is 4.79 Å². The summed E-state index contributed by atoms with van der Waals surface area (Å²) in [6, 6.07) is 15.8. The Morgan fingerprint density at radius 2 is 1.81 bits per heavy atom. The highest BCUT2D eigenvalue weighted by Gasteiger charge is 2.08. The summed E-state index contributed by atoms with van der Waals surface area (Å²) in [5.41, 5.74) is 2.27.